The van der Waals surface area contributed by atoms with E-state index in [4.69, 9.17) is 5.73 Å². The summed E-state index contributed by atoms with van der Waals surface area (Å²) in [4.78, 5) is 13.3. The van der Waals surface area contributed by atoms with Crippen LogP contribution in [0.15, 0.2) is 42.5 Å². The van der Waals surface area contributed by atoms with Gasteiger partial charge in [-0.2, -0.15) is 0 Å². The molecule has 1 aliphatic rings. The molecule has 0 aromatic heterocycles. The average Bonchev–Trinajstić information content (AvgIpc) is 2.30. The number of benzene rings is 1. The Balaban J connectivity index is 1.97. The summed E-state index contributed by atoms with van der Waals surface area (Å²) in [5.74, 6) is -0.383. The fourth-order valence-corrected chi connectivity index (χ4v) is 1.94. The molecule has 1 aromatic carbocycles. The van der Waals surface area contributed by atoms with E-state index in [0.29, 0.717) is 0 Å². The topological polar surface area (TPSA) is 46.3 Å². The second-order valence-corrected chi connectivity index (χ2v) is 4.12. The van der Waals surface area contributed by atoms with Gasteiger partial charge in [0.15, 0.2) is 0 Å². The van der Waals surface area contributed by atoms with E-state index >= 15 is 0 Å². The number of nitrogens with zero attached hydrogens (tertiary/aromatic N) is 1. The van der Waals surface area contributed by atoms with Crippen LogP contribution in [0.2, 0.25) is 0 Å². The van der Waals surface area contributed by atoms with Crippen molar-refractivity contribution in [1.29, 1.82) is 0 Å². The molecule has 1 heterocycles. The molecule has 0 aliphatic carbocycles. The summed E-state index contributed by atoms with van der Waals surface area (Å²) in [5.41, 5.74) is 6.57. The van der Waals surface area contributed by atoms with Crippen LogP contribution < -0.4 is 5.73 Å². The smallest absolute Gasteiger partial charge is 0.225 e. The lowest BCUT2D eigenvalue weighted by atomic mass is 10.0. The molecule has 1 amide bonds. The summed E-state index contributed by atoms with van der Waals surface area (Å²) in [5, 5.41) is 0. The van der Waals surface area contributed by atoms with Crippen LogP contribution in [0.25, 0.3) is 0 Å². The lowest BCUT2D eigenvalue weighted by molar-refractivity contribution is -0.121. The maximum absolute atomic E-state index is 11.1. The monoisotopic (exact) mass is 216 g/mol. The molecule has 84 valence electrons. The number of amides is 1. The van der Waals surface area contributed by atoms with Crippen LogP contribution in [0.3, 0.4) is 0 Å². The molecule has 3 heteroatoms. The van der Waals surface area contributed by atoms with Crippen LogP contribution in [-0.2, 0) is 11.3 Å². The Morgan fingerprint density at radius 2 is 2.12 bits per heavy atom. The van der Waals surface area contributed by atoms with Crippen molar-refractivity contribution in [3.05, 3.63) is 48.0 Å². The Kier molecular flexibility index (Phi) is 3.37. The van der Waals surface area contributed by atoms with Crippen molar-refractivity contribution in [3.63, 3.8) is 0 Å². The average molecular weight is 216 g/mol. The molecular formula is C13H16N2O. The predicted molar refractivity (Wildman–Crippen MR) is 63.5 cm³/mol. The quantitative estimate of drug-likeness (QED) is 0.771. The number of nitrogens with two attached hydrogens (primary N) is 1. The van der Waals surface area contributed by atoms with Crippen LogP contribution in [-0.4, -0.2) is 23.9 Å². The molecule has 1 aliphatic heterocycles. The molecule has 16 heavy (non-hydrogen) atoms. The van der Waals surface area contributed by atoms with Gasteiger partial charge in [0.05, 0.1) is 5.92 Å². The van der Waals surface area contributed by atoms with Gasteiger partial charge in [-0.15, -0.1) is 0 Å². The molecule has 2 N–H and O–H groups in total. The van der Waals surface area contributed by atoms with Crippen molar-refractivity contribution in [2.75, 3.05) is 13.1 Å². The van der Waals surface area contributed by atoms with Gasteiger partial charge in [0.1, 0.15) is 0 Å². The Morgan fingerprint density at radius 1 is 1.38 bits per heavy atom. The first kappa shape index (κ1) is 10.9. The first-order chi connectivity index (χ1) is 7.75. The summed E-state index contributed by atoms with van der Waals surface area (Å²) >= 11 is 0. The van der Waals surface area contributed by atoms with Crippen molar-refractivity contribution in [2.45, 2.75) is 6.54 Å². The van der Waals surface area contributed by atoms with Crippen molar-refractivity contribution in [1.82, 2.24) is 4.90 Å². The Labute approximate surface area is 95.6 Å². The SMILES string of the molecule is NC(=O)C1C=CCN(Cc2ccccc2)C1. The highest BCUT2D eigenvalue weighted by Gasteiger charge is 2.19. The number of rotatable bonds is 3. The third kappa shape index (κ3) is 2.70. The van der Waals surface area contributed by atoms with Gasteiger partial charge >= 0.3 is 0 Å². The van der Waals surface area contributed by atoms with Gasteiger partial charge in [-0.1, -0.05) is 42.5 Å². The van der Waals surface area contributed by atoms with Crippen molar-refractivity contribution < 1.29 is 4.79 Å². The lowest BCUT2D eigenvalue weighted by Crippen LogP contribution is -2.37. The van der Waals surface area contributed by atoms with Crippen molar-refractivity contribution in [3.8, 4) is 0 Å². The molecule has 1 atom stereocenters. The Morgan fingerprint density at radius 3 is 2.81 bits per heavy atom. The standard InChI is InChI=1S/C13H16N2O/c14-13(16)12-7-4-8-15(10-12)9-11-5-2-1-3-6-11/h1-7,12H,8-10H2,(H2,14,16). The van der Waals surface area contributed by atoms with Crippen molar-refractivity contribution >= 4 is 5.91 Å². The van der Waals surface area contributed by atoms with Gasteiger partial charge in [-0.05, 0) is 5.56 Å². The molecule has 0 saturated heterocycles. The fourth-order valence-electron chi connectivity index (χ4n) is 1.94. The summed E-state index contributed by atoms with van der Waals surface area (Å²) in [7, 11) is 0. The largest absolute Gasteiger partial charge is 0.369 e. The van der Waals surface area contributed by atoms with E-state index < -0.39 is 0 Å². The van der Waals surface area contributed by atoms with Crippen molar-refractivity contribution in [2.24, 2.45) is 11.7 Å². The van der Waals surface area contributed by atoms with E-state index in [1.54, 1.807) is 0 Å². The summed E-state index contributed by atoms with van der Waals surface area (Å²) < 4.78 is 0. The summed E-state index contributed by atoms with van der Waals surface area (Å²) in [6.07, 6.45) is 3.92. The van der Waals surface area contributed by atoms with Crippen LogP contribution in [0.1, 0.15) is 5.56 Å². The normalized spacial score (nSPS) is 20.9. The zero-order chi connectivity index (χ0) is 11.4. The first-order valence-corrected chi connectivity index (χ1v) is 5.48. The maximum atomic E-state index is 11.1. The molecule has 0 spiro atoms. The lowest BCUT2D eigenvalue weighted by Gasteiger charge is -2.27. The molecular weight excluding hydrogens is 200 g/mol. The number of hydrogen-bond acceptors (Lipinski definition) is 2. The minimum Gasteiger partial charge on any atom is -0.369 e. The number of hydrogen-bond donors (Lipinski definition) is 1. The Hall–Kier alpha value is -1.61. The molecule has 0 radical (unpaired) electrons. The second-order valence-electron chi connectivity index (χ2n) is 4.12. The van der Waals surface area contributed by atoms with Crippen LogP contribution in [0, 0.1) is 5.92 Å². The Bertz CT molecular complexity index is 386. The highest BCUT2D eigenvalue weighted by molar-refractivity contribution is 5.78. The van der Waals surface area contributed by atoms with Crippen LogP contribution >= 0.6 is 0 Å². The zero-order valence-electron chi connectivity index (χ0n) is 9.17. The van der Waals surface area contributed by atoms with Gasteiger partial charge in [0.25, 0.3) is 0 Å². The third-order valence-corrected chi connectivity index (χ3v) is 2.80. The molecule has 1 aromatic rings. The van der Waals surface area contributed by atoms with Gasteiger partial charge in [0.2, 0.25) is 5.91 Å². The van der Waals surface area contributed by atoms with E-state index in [2.05, 4.69) is 17.0 Å². The molecule has 0 bridgehead atoms. The minimum atomic E-state index is -0.242. The molecule has 0 saturated carbocycles. The third-order valence-electron chi connectivity index (χ3n) is 2.80. The van der Waals surface area contributed by atoms with E-state index in [-0.39, 0.29) is 11.8 Å². The molecule has 2 rings (SSSR count). The predicted octanol–water partition coefficient (Wildman–Crippen LogP) is 1.16. The highest BCUT2D eigenvalue weighted by atomic mass is 16.1. The van der Waals surface area contributed by atoms with E-state index in [1.165, 1.54) is 5.56 Å². The fraction of sp³-hybridized carbons (Fsp3) is 0.308. The highest BCUT2D eigenvalue weighted by Crippen LogP contribution is 2.12. The minimum absolute atomic E-state index is 0.141. The van der Waals surface area contributed by atoms with Gasteiger partial charge < -0.3 is 5.73 Å². The second kappa shape index (κ2) is 4.94. The van der Waals surface area contributed by atoms with Gasteiger partial charge in [-0.25, -0.2) is 0 Å². The number of carbonyl (C=O) groups is 1. The number of primary amides is 1. The maximum Gasteiger partial charge on any atom is 0.225 e. The molecule has 0 fully saturated rings. The van der Waals surface area contributed by atoms with Gasteiger partial charge in [0, 0.05) is 19.6 Å². The van der Waals surface area contributed by atoms with E-state index in [9.17, 15) is 4.79 Å². The summed E-state index contributed by atoms with van der Waals surface area (Å²) in [6.45, 7) is 2.48. The van der Waals surface area contributed by atoms with Crippen LogP contribution in [0.5, 0.6) is 0 Å². The zero-order valence-corrected chi connectivity index (χ0v) is 9.17. The van der Waals surface area contributed by atoms with Crippen LogP contribution in [0.4, 0.5) is 0 Å². The molecule has 1 unspecified atom stereocenters. The van der Waals surface area contributed by atoms with E-state index in [0.717, 1.165) is 19.6 Å². The summed E-state index contributed by atoms with van der Waals surface area (Å²) in [6, 6.07) is 10.3. The van der Waals surface area contributed by atoms with Gasteiger partial charge in [-0.3, -0.25) is 9.69 Å². The van der Waals surface area contributed by atoms with E-state index in [1.807, 2.05) is 30.4 Å². The first-order valence-electron chi connectivity index (χ1n) is 5.48. The number of carbonyl (C=O) groups excluding carboxylic acids is 1. The molecule has 3 nitrogen and oxygen atoms in total.